The van der Waals surface area contributed by atoms with Crippen molar-refractivity contribution in [3.8, 4) is 23.0 Å². The quantitative estimate of drug-likeness (QED) is 0.797. The van der Waals surface area contributed by atoms with Crippen molar-refractivity contribution in [1.29, 1.82) is 0 Å². The normalized spacial score (nSPS) is 25.3. The van der Waals surface area contributed by atoms with E-state index < -0.39 is 5.60 Å². The molecule has 0 fully saturated rings. The molecule has 2 aromatic carbocycles. The lowest BCUT2D eigenvalue weighted by atomic mass is 9.65. The Bertz CT molecular complexity index is 797. The van der Waals surface area contributed by atoms with Crippen molar-refractivity contribution in [3.05, 3.63) is 47.0 Å². The van der Waals surface area contributed by atoms with E-state index in [4.69, 9.17) is 9.47 Å². The van der Waals surface area contributed by atoms with Gasteiger partial charge in [-0.1, -0.05) is 13.0 Å². The lowest BCUT2D eigenvalue weighted by molar-refractivity contribution is -0.0162. The number of fused-ring (bicyclic) bond motifs is 1. The summed E-state index contributed by atoms with van der Waals surface area (Å²) in [6.45, 7) is 3.82. The minimum atomic E-state index is -1.02. The van der Waals surface area contributed by atoms with E-state index in [0.717, 1.165) is 16.7 Å². The second-order valence-corrected chi connectivity index (χ2v) is 6.92. The fourth-order valence-electron chi connectivity index (χ4n) is 3.76. The molecule has 3 atom stereocenters. The molecule has 2 aromatic rings. The Balaban J connectivity index is 2.22. The molecule has 1 aliphatic carbocycles. The van der Waals surface area contributed by atoms with Crippen molar-refractivity contribution in [2.45, 2.75) is 31.8 Å². The molecule has 0 bridgehead atoms. The molecule has 0 saturated heterocycles. The van der Waals surface area contributed by atoms with Gasteiger partial charge in [0.15, 0.2) is 23.0 Å². The van der Waals surface area contributed by atoms with Crippen molar-refractivity contribution in [2.75, 3.05) is 14.2 Å². The minimum Gasteiger partial charge on any atom is -0.504 e. The monoisotopic (exact) mass is 344 g/mol. The van der Waals surface area contributed by atoms with Crippen molar-refractivity contribution < 1.29 is 24.8 Å². The highest BCUT2D eigenvalue weighted by atomic mass is 16.5. The molecule has 1 aliphatic rings. The van der Waals surface area contributed by atoms with E-state index in [2.05, 4.69) is 0 Å². The summed E-state index contributed by atoms with van der Waals surface area (Å²) in [5.41, 5.74) is 1.69. The Morgan fingerprint density at radius 3 is 2.28 bits per heavy atom. The van der Waals surface area contributed by atoms with E-state index in [0.29, 0.717) is 17.9 Å². The SMILES string of the molecule is COc1cc([C@@H]2c3cc(O)c(OC)cc3C[C@@H](C)[C@]2(C)O)ccc1O. The summed E-state index contributed by atoms with van der Waals surface area (Å²) >= 11 is 0. The smallest absolute Gasteiger partial charge is 0.160 e. The Labute approximate surface area is 147 Å². The number of hydrogen-bond donors (Lipinski definition) is 3. The van der Waals surface area contributed by atoms with Crippen LogP contribution in [0, 0.1) is 5.92 Å². The number of hydrogen-bond acceptors (Lipinski definition) is 5. The molecule has 0 heterocycles. The van der Waals surface area contributed by atoms with Gasteiger partial charge in [0.2, 0.25) is 0 Å². The van der Waals surface area contributed by atoms with Crippen molar-refractivity contribution in [1.82, 2.24) is 0 Å². The van der Waals surface area contributed by atoms with Crippen LogP contribution >= 0.6 is 0 Å². The number of phenols is 2. The molecule has 5 heteroatoms. The summed E-state index contributed by atoms with van der Waals surface area (Å²) < 4.78 is 10.4. The molecule has 0 aromatic heterocycles. The van der Waals surface area contributed by atoms with Crippen LogP contribution in [0.15, 0.2) is 30.3 Å². The van der Waals surface area contributed by atoms with Gasteiger partial charge in [-0.05, 0) is 60.2 Å². The molecule has 134 valence electrons. The summed E-state index contributed by atoms with van der Waals surface area (Å²) in [4.78, 5) is 0. The largest absolute Gasteiger partial charge is 0.504 e. The molecule has 0 radical (unpaired) electrons. The molecule has 0 amide bonds. The number of methoxy groups -OCH3 is 2. The number of aromatic hydroxyl groups is 2. The first-order valence-corrected chi connectivity index (χ1v) is 8.28. The third kappa shape index (κ3) is 2.78. The molecule has 0 saturated carbocycles. The van der Waals surface area contributed by atoms with Gasteiger partial charge < -0.3 is 24.8 Å². The van der Waals surface area contributed by atoms with E-state index in [-0.39, 0.29) is 23.3 Å². The zero-order chi connectivity index (χ0) is 18.4. The molecule has 0 spiro atoms. The zero-order valence-corrected chi connectivity index (χ0v) is 14.9. The van der Waals surface area contributed by atoms with Gasteiger partial charge in [0.25, 0.3) is 0 Å². The van der Waals surface area contributed by atoms with Crippen molar-refractivity contribution in [3.63, 3.8) is 0 Å². The molecule has 3 rings (SSSR count). The van der Waals surface area contributed by atoms with E-state index in [1.807, 2.05) is 19.9 Å². The molecule has 0 unspecified atom stereocenters. The first-order valence-electron chi connectivity index (χ1n) is 8.28. The van der Waals surface area contributed by atoms with E-state index in [9.17, 15) is 15.3 Å². The maximum atomic E-state index is 11.2. The first-order chi connectivity index (χ1) is 11.8. The van der Waals surface area contributed by atoms with Gasteiger partial charge in [-0.3, -0.25) is 0 Å². The highest BCUT2D eigenvalue weighted by Crippen LogP contribution is 2.49. The van der Waals surface area contributed by atoms with Crippen LogP contribution in [0.3, 0.4) is 0 Å². The van der Waals surface area contributed by atoms with Crippen molar-refractivity contribution in [2.24, 2.45) is 5.92 Å². The van der Waals surface area contributed by atoms with Crippen LogP contribution in [-0.4, -0.2) is 35.1 Å². The molecule has 3 N–H and O–H groups in total. The number of aliphatic hydroxyl groups is 1. The second kappa shape index (κ2) is 6.15. The number of ether oxygens (including phenoxy) is 2. The fraction of sp³-hybridized carbons (Fsp3) is 0.400. The maximum absolute atomic E-state index is 11.2. The van der Waals surface area contributed by atoms with Crippen LogP contribution in [0.2, 0.25) is 0 Å². The standard InChI is InChI=1S/C20H24O5/c1-11-7-13-9-18(25-4)16(22)10-14(13)19(20(11,2)23)12-5-6-15(21)17(8-12)24-3/h5-6,8-11,19,21-23H,7H2,1-4H3/t11-,19-,20+/m1/s1. The topological polar surface area (TPSA) is 79.2 Å². The summed E-state index contributed by atoms with van der Waals surface area (Å²) in [5, 5.41) is 31.4. The van der Waals surface area contributed by atoms with E-state index >= 15 is 0 Å². The van der Waals surface area contributed by atoms with Gasteiger partial charge in [-0.15, -0.1) is 0 Å². The molecular weight excluding hydrogens is 320 g/mol. The third-order valence-electron chi connectivity index (χ3n) is 5.40. The zero-order valence-electron chi connectivity index (χ0n) is 14.9. The summed E-state index contributed by atoms with van der Waals surface area (Å²) in [6, 6.07) is 8.57. The number of benzene rings is 2. The first kappa shape index (κ1) is 17.4. The summed E-state index contributed by atoms with van der Waals surface area (Å²) in [6.07, 6.45) is 0.685. The predicted octanol–water partition coefficient (Wildman–Crippen LogP) is 3.19. The molecule has 5 nitrogen and oxygen atoms in total. The Morgan fingerprint density at radius 2 is 1.64 bits per heavy atom. The van der Waals surface area contributed by atoms with Gasteiger partial charge in [-0.2, -0.15) is 0 Å². The number of rotatable bonds is 3. The van der Waals surface area contributed by atoms with Gasteiger partial charge in [0.05, 0.1) is 19.8 Å². The average Bonchev–Trinajstić information content (AvgIpc) is 2.57. The van der Waals surface area contributed by atoms with Crippen LogP contribution in [0.5, 0.6) is 23.0 Å². The highest BCUT2D eigenvalue weighted by molar-refractivity contribution is 5.54. The lowest BCUT2D eigenvalue weighted by Gasteiger charge is -2.44. The maximum Gasteiger partial charge on any atom is 0.160 e. The van der Waals surface area contributed by atoms with Crippen LogP contribution in [0.4, 0.5) is 0 Å². The van der Waals surface area contributed by atoms with Crippen LogP contribution in [0.1, 0.15) is 36.5 Å². The Morgan fingerprint density at radius 1 is 1.00 bits per heavy atom. The third-order valence-corrected chi connectivity index (χ3v) is 5.40. The van der Waals surface area contributed by atoms with Gasteiger partial charge >= 0.3 is 0 Å². The summed E-state index contributed by atoms with van der Waals surface area (Å²) in [5.74, 6) is 0.506. The predicted molar refractivity (Wildman–Crippen MR) is 94.7 cm³/mol. The average molecular weight is 344 g/mol. The summed E-state index contributed by atoms with van der Waals surface area (Å²) in [7, 11) is 3.01. The lowest BCUT2D eigenvalue weighted by Crippen LogP contribution is -2.44. The van der Waals surface area contributed by atoms with Gasteiger partial charge in [0, 0.05) is 5.92 Å². The molecule has 0 aliphatic heterocycles. The van der Waals surface area contributed by atoms with Crippen LogP contribution in [-0.2, 0) is 6.42 Å². The van der Waals surface area contributed by atoms with Gasteiger partial charge in [-0.25, -0.2) is 0 Å². The minimum absolute atomic E-state index is 0.000882. The molecule has 25 heavy (non-hydrogen) atoms. The number of phenolic OH excluding ortho intramolecular Hbond substituents is 2. The van der Waals surface area contributed by atoms with Gasteiger partial charge in [0.1, 0.15) is 0 Å². The van der Waals surface area contributed by atoms with Crippen LogP contribution in [0.25, 0.3) is 0 Å². The molecular formula is C20H24O5. The van der Waals surface area contributed by atoms with E-state index in [1.165, 1.54) is 14.2 Å². The Hall–Kier alpha value is -2.40. The van der Waals surface area contributed by atoms with E-state index in [1.54, 1.807) is 24.3 Å². The highest BCUT2D eigenvalue weighted by Gasteiger charge is 2.44. The Kier molecular flexibility index (Phi) is 4.29. The second-order valence-electron chi connectivity index (χ2n) is 6.92. The fourth-order valence-corrected chi connectivity index (χ4v) is 3.76. The van der Waals surface area contributed by atoms with Crippen molar-refractivity contribution >= 4 is 0 Å². The van der Waals surface area contributed by atoms with Crippen LogP contribution < -0.4 is 9.47 Å².